The topological polar surface area (TPSA) is 58.0 Å². The van der Waals surface area contributed by atoms with Gasteiger partial charge in [0.2, 0.25) is 0 Å². The average molecular weight is 271 g/mol. The van der Waals surface area contributed by atoms with E-state index in [0.717, 1.165) is 28.5 Å². The summed E-state index contributed by atoms with van der Waals surface area (Å²) in [4.78, 5) is 13.7. The molecule has 0 aliphatic heterocycles. The van der Waals surface area contributed by atoms with Crippen molar-refractivity contribution >= 4 is 27.0 Å². The molecule has 1 heterocycles. The van der Waals surface area contributed by atoms with Gasteiger partial charge in [-0.25, -0.2) is 4.79 Å². The first-order chi connectivity index (χ1) is 7.20. The molecule has 2 N–H and O–H groups in total. The Morgan fingerprint density at radius 2 is 2.33 bits per heavy atom. The number of H-pyrrole nitrogens is 1. The molecule has 0 amide bonds. The fourth-order valence-corrected chi connectivity index (χ4v) is 2.04. The largest absolute Gasteiger partial charge is 0.417 e. The molecule has 0 radical (unpaired) electrons. The quantitative estimate of drug-likeness (QED) is 0.892. The second-order valence-electron chi connectivity index (χ2n) is 3.31. The number of hydrogen-bond acceptors (Lipinski definition) is 3. The SMILES string of the molecule is CNCCc1cc(Br)cc2[nH]c(=O)oc12. The van der Waals surface area contributed by atoms with E-state index in [2.05, 4.69) is 26.2 Å². The second kappa shape index (κ2) is 4.20. The van der Waals surface area contributed by atoms with Crippen LogP contribution in [0.1, 0.15) is 5.56 Å². The first-order valence-electron chi connectivity index (χ1n) is 4.66. The molecule has 0 spiro atoms. The third-order valence-electron chi connectivity index (χ3n) is 2.21. The van der Waals surface area contributed by atoms with Gasteiger partial charge in [0.05, 0.1) is 5.52 Å². The van der Waals surface area contributed by atoms with Crippen LogP contribution < -0.4 is 11.1 Å². The Balaban J connectivity index is 2.55. The van der Waals surface area contributed by atoms with Crippen LogP contribution in [0.15, 0.2) is 25.8 Å². The van der Waals surface area contributed by atoms with Crippen LogP contribution in [0.4, 0.5) is 0 Å². The number of fused-ring (bicyclic) bond motifs is 1. The Hall–Kier alpha value is -1.07. The van der Waals surface area contributed by atoms with Crippen molar-refractivity contribution in [3.05, 3.63) is 32.7 Å². The van der Waals surface area contributed by atoms with E-state index in [9.17, 15) is 4.79 Å². The summed E-state index contributed by atoms with van der Waals surface area (Å²) in [6.07, 6.45) is 0.827. The summed E-state index contributed by atoms with van der Waals surface area (Å²) in [5, 5.41) is 3.06. The van der Waals surface area contributed by atoms with Crippen molar-refractivity contribution in [3.63, 3.8) is 0 Å². The van der Waals surface area contributed by atoms with Gasteiger partial charge in [0.15, 0.2) is 5.58 Å². The predicted octanol–water partition coefficient (Wildman–Crippen LogP) is 1.65. The first kappa shape index (κ1) is 10.4. The van der Waals surface area contributed by atoms with Crippen LogP contribution in [0.25, 0.3) is 11.1 Å². The number of likely N-dealkylation sites (N-methyl/N-ethyl adjacent to an activating group) is 1. The molecular weight excluding hydrogens is 260 g/mol. The number of aromatic amines is 1. The summed E-state index contributed by atoms with van der Waals surface area (Å²) in [7, 11) is 1.89. The molecule has 80 valence electrons. The lowest BCUT2D eigenvalue weighted by molar-refractivity contribution is 0.551. The monoisotopic (exact) mass is 270 g/mol. The maximum atomic E-state index is 11.1. The van der Waals surface area contributed by atoms with E-state index in [1.807, 2.05) is 19.2 Å². The zero-order valence-electron chi connectivity index (χ0n) is 8.26. The molecule has 0 aliphatic carbocycles. The second-order valence-corrected chi connectivity index (χ2v) is 4.23. The zero-order chi connectivity index (χ0) is 10.8. The summed E-state index contributed by atoms with van der Waals surface area (Å²) in [5.74, 6) is -0.409. The molecule has 2 aromatic rings. The van der Waals surface area contributed by atoms with Gasteiger partial charge in [0.25, 0.3) is 0 Å². The minimum atomic E-state index is -0.409. The van der Waals surface area contributed by atoms with E-state index in [0.29, 0.717) is 5.58 Å². The lowest BCUT2D eigenvalue weighted by atomic mass is 10.1. The van der Waals surface area contributed by atoms with Gasteiger partial charge in [-0.2, -0.15) is 0 Å². The highest BCUT2D eigenvalue weighted by atomic mass is 79.9. The Morgan fingerprint density at radius 3 is 3.07 bits per heavy atom. The Labute approximate surface area is 94.8 Å². The van der Waals surface area contributed by atoms with Gasteiger partial charge in [0.1, 0.15) is 0 Å². The van der Waals surface area contributed by atoms with Crippen molar-refractivity contribution in [1.82, 2.24) is 10.3 Å². The van der Waals surface area contributed by atoms with Crippen molar-refractivity contribution in [1.29, 1.82) is 0 Å². The fraction of sp³-hybridized carbons (Fsp3) is 0.300. The standard InChI is InChI=1S/C10H11BrN2O2/c1-12-3-2-6-4-7(11)5-8-9(6)15-10(14)13-8/h4-5,12H,2-3H2,1H3,(H,13,14). The number of aromatic nitrogens is 1. The minimum absolute atomic E-state index is 0.409. The lowest BCUT2D eigenvalue weighted by Crippen LogP contribution is -2.10. The van der Waals surface area contributed by atoms with E-state index in [-0.39, 0.29) is 0 Å². The fourth-order valence-electron chi connectivity index (χ4n) is 1.54. The molecule has 4 nitrogen and oxygen atoms in total. The van der Waals surface area contributed by atoms with E-state index in [1.165, 1.54) is 0 Å². The molecule has 0 aliphatic rings. The van der Waals surface area contributed by atoms with Crippen molar-refractivity contribution in [2.24, 2.45) is 0 Å². The zero-order valence-corrected chi connectivity index (χ0v) is 9.85. The molecule has 1 aromatic heterocycles. The molecular formula is C10H11BrN2O2. The van der Waals surface area contributed by atoms with Gasteiger partial charge in [-0.15, -0.1) is 0 Å². The number of nitrogens with one attached hydrogen (secondary N) is 2. The summed E-state index contributed by atoms with van der Waals surface area (Å²) >= 11 is 3.40. The number of oxazole rings is 1. The van der Waals surface area contributed by atoms with Crippen LogP contribution in [-0.4, -0.2) is 18.6 Å². The van der Waals surface area contributed by atoms with E-state index >= 15 is 0 Å². The minimum Gasteiger partial charge on any atom is -0.408 e. The molecule has 0 saturated carbocycles. The first-order valence-corrected chi connectivity index (χ1v) is 5.46. The maximum absolute atomic E-state index is 11.1. The van der Waals surface area contributed by atoms with Gasteiger partial charge in [-0.05, 0) is 37.7 Å². The summed E-state index contributed by atoms with van der Waals surface area (Å²) in [6, 6.07) is 3.81. The summed E-state index contributed by atoms with van der Waals surface area (Å²) in [6.45, 7) is 0.848. The van der Waals surface area contributed by atoms with Gasteiger partial charge in [-0.3, -0.25) is 4.98 Å². The highest BCUT2D eigenvalue weighted by molar-refractivity contribution is 9.10. The predicted molar refractivity (Wildman–Crippen MR) is 62.2 cm³/mol. The highest BCUT2D eigenvalue weighted by Crippen LogP contribution is 2.22. The van der Waals surface area contributed by atoms with Crippen LogP contribution >= 0.6 is 15.9 Å². The van der Waals surface area contributed by atoms with Gasteiger partial charge in [0, 0.05) is 4.47 Å². The van der Waals surface area contributed by atoms with Gasteiger partial charge >= 0.3 is 5.76 Å². The van der Waals surface area contributed by atoms with Crippen LogP contribution in [0.2, 0.25) is 0 Å². The van der Waals surface area contributed by atoms with Gasteiger partial charge in [-0.1, -0.05) is 15.9 Å². The van der Waals surface area contributed by atoms with Crippen LogP contribution in [0.3, 0.4) is 0 Å². The molecule has 15 heavy (non-hydrogen) atoms. The van der Waals surface area contributed by atoms with E-state index < -0.39 is 5.76 Å². The number of hydrogen-bond donors (Lipinski definition) is 2. The average Bonchev–Trinajstić information content (AvgIpc) is 2.54. The highest BCUT2D eigenvalue weighted by Gasteiger charge is 2.08. The molecule has 0 fully saturated rings. The van der Waals surface area contributed by atoms with Crippen LogP contribution in [0, 0.1) is 0 Å². The molecule has 0 atom stereocenters. The number of benzene rings is 1. The molecule has 1 aromatic carbocycles. The summed E-state index contributed by atoms with van der Waals surface area (Å²) in [5.41, 5.74) is 2.41. The maximum Gasteiger partial charge on any atom is 0.417 e. The van der Waals surface area contributed by atoms with Crippen molar-refractivity contribution < 1.29 is 4.42 Å². The summed E-state index contributed by atoms with van der Waals surface area (Å²) < 4.78 is 6.03. The normalized spacial score (nSPS) is 11.1. The smallest absolute Gasteiger partial charge is 0.408 e. The van der Waals surface area contributed by atoms with Gasteiger partial charge < -0.3 is 9.73 Å². The molecule has 5 heteroatoms. The van der Waals surface area contributed by atoms with Crippen molar-refractivity contribution in [2.75, 3.05) is 13.6 Å². The molecule has 2 rings (SSSR count). The van der Waals surface area contributed by atoms with Crippen LogP contribution in [0.5, 0.6) is 0 Å². The molecule has 0 saturated heterocycles. The van der Waals surface area contributed by atoms with Crippen molar-refractivity contribution in [3.8, 4) is 0 Å². The number of halogens is 1. The van der Waals surface area contributed by atoms with Crippen molar-refractivity contribution in [2.45, 2.75) is 6.42 Å². The van der Waals surface area contributed by atoms with Crippen LogP contribution in [-0.2, 0) is 6.42 Å². The third kappa shape index (κ3) is 2.13. The molecule has 0 unspecified atom stereocenters. The molecule has 0 bridgehead atoms. The third-order valence-corrected chi connectivity index (χ3v) is 2.66. The van der Waals surface area contributed by atoms with E-state index in [1.54, 1.807) is 0 Å². The lowest BCUT2D eigenvalue weighted by Gasteiger charge is -2.01. The Kier molecular flexibility index (Phi) is 2.93. The van der Waals surface area contributed by atoms with E-state index in [4.69, 9.17) is 4.42 Å². The Morgan fingerprint density at radius 1 is 1.53 bits per heavy atom. The number of rotatable bonds is 3. The Bertz CT molecular complexity index is 530.